The molecular formula is C15H22ClNO. The minimum absolute atomic E-state index is 0.772. The van der Waals surface area contributed by atoms with Gasteiger partial charge >= 0.3 is 0 Å². The maximum absolute atomic E-state index is 6.30. The van der Waals surface area contributed by atoms with Crippen molar-refractivity contribution in [1.29, 1.82) is 0 Å². The number of ether oxygens (including phenoxy) is 1. The molecular weight excluding hydrogens is 246 g/mol. The van der Waals surface area contributed by atoms with Crippen LogP contribution in [0.1, 0.15) is 29.5 Å². The van der Waals surface area contributed by atoms with E-state index in [-0.39, 0.29) is 0 Å². The molecule has 0 bridgehead atoms. The Morgan fingerprint density at radius 2 is 1.94 bits per heavy atom. The summed E-state index contributed by atoms with van der Waals surface area (Å²) in [6.45, 7) is 6.43. The van der Waals surface area contributed by atoms with Crippen molar-refractivity contribution in [2.45, 2.75) is 33.1 Å². The first-order valence-electron chi connectivity index (χ1n) is 6.66. The van der Waals surface area contributed by atoms with Crippen LogP contribution in [-0.2, 0) is 6.42 Å². The second-order valence-electron chi connectivity index (χ2n) is 5.20. The molecule has 1 aromatic carbocycles. The highest BCUT2D eigenvalue weighted by molar-refractivity contribution is 6.31. The molecule has 0 aliphatic carbocycles. The molecule has 18 heavy (non-hydrogen) atoms. The van der Waals surface area contributed by atoms with Crippen LogP contribution in [0.3, 0.4) is 0 Å². The lowest BCUT2D eigenvalue weighted by Gasteiger charge is -2.24. The van der Waals surface area contributed by atoms with Gasteiger partial charge in [0.2, 0.25) is 0 Å². The van der Waals surface area contributed by atoms with Crippen molar-refractivity contribution in [3.05, 3.63) is 27.8 Å². The predicted molar refractivity (Wildman–Crippen MR) is 76.8 cm³/mol. The molecule has 0 spiro atoms. The van der Waals surface area contributed by atoms with Crippen molar-refractivity contribution in [3.63, 3.8) is 0 Å². The van der Waals surface area contributed by atoms with Gasteiger partial charge in [-0.15, -0.1) is 0 Å². The molecule has 1 aromatic rings. The fourth-order valence-corrected chi connectivity index (χ4v) is 3.04. The van der Waals surface area contributed by atoms with Crippen molar-refractivity contribution in [1.82, 2.24) is 5.32 Å². The molecule has 0 atom stereocenters. The van der Waals surface area contributed by atoms with Crippen molar-refractivity contribution in [2.24, 2.45) is 5.92 Å². The fourth-order valence-electron chi connectivity index (χ4n) is 2.82. The molecule has 1 heterocycles. The molecule has 100 valence electrons. The maximum Gasteiger partial charge on any atom is 0.126 e. The summed E-state index contributed by atoms with van der Waals surface area (Å²) in [6.07, 6.45) is 3.63. The Kier molecular flexibility index (Phi) is 4.52. The summed E-state index contributed by atoms with van der Waals surface area (Å²) in [4.78, 5) is 0. The molecule has 1 N–H and O–H groups in total. The number of hydrogen-bond donors (Lipinski definition) is 1. The number of methoxy groups -OCH3 is 1. The van der Waals surface area contributed by atoms with Crippen LogP contribution in [0.2, 0.25) is 5.02 Å². The predicted octanol–water partition coefficient (Wildman–Crippen LogP) is 3.51. The van der Waals surface area contributed by atoms with Crippen LogP contribution in [0.15, 0.2) is 6.07 Å². The summed E-state index contributed by atoms with van der Waals surface area (Å²) >= 11 is 6.30. The van der Waals surface area contributed by atoms with E-state index in [9.17, 15) is 0 Å². The van der Waals surface area contributed by atoms with Crippen LogP contribution in [0, 0.1) is 19.8 Å². The normalized spacial score (nSPS) is 16.9. The third-order valence-corrected chi connectivity index (χ3v) is 4.39. The smallest absolute Gasteiger partial charge is 0.126 e. The minimum Gasteiger partial charge on any atom is -0.496 e. The van der Waals surface area contributed by atoms with Crippen LogP contribution >= 0.6 is 11.6 Å². The molecule has 0 saturated carbocycles. The molecule has 0 aromatic heterocycles. The zero-order valence-electron chi connectivity index (χ0n) is 11.5. The average molecular weight is 268 g/mol. The number of halogens is 1. The third-order valence-electron chi connectivity index (χ3n) is 3.99. The summed E-state index contributed by atoms with van der Waals surface area (Å²) < 4.78 is 5.49. The topological polar surface area (TPSA) is 21.3 Å². The van der Waals surface area contributed by atoms with Gasteiger partial charge in [-0.3, -0.25) is 0 Å². The van der Waals surface area contributed by atoms with Crippen LogP contribution in [0.4, 0.5) is 0 Å². The number of piperidine rings is 1. The van der Waals surface area contributed by atoms with E-state index in [1.807, 2.05) is 6.92 Å². The monoisotopic (exact) mass is 267 g/mol. The van der Waals surface area contributed by atoms with Gasteiger partial charge in [0.1, 0.15) is 5.75 Å². The SMILES string of the molecule is COc1c(C)c(Cl)cc(CC2CCNCC2)c1C. The van der Waals surface area contributed by atoms with Crippen molar-refractivity contribution in [2.75, 3.05) is 20.2 Å². The minimum atomic E-state index is 0.772. The van der Waals surface area contributed by atoms with Gasteiger partial charge in [-0.25, -0.2) is 0 Å². The zero-order valence-corrected chi connectivity index (χ0v) is 12.2. The highest BCUT2D eigenvalue weighted by atomic mass is 35.5. The molecule has 0 unspecified atom stereocenters. The largest absolute Gasteiger partial charge is 0.496 e. The second kappa shape index (κ2) is 5.94. The van der Waals surface area contributed by atoms with Crippen LogP contribution in [0.5, 0.6) is 5.75 Å². The van der Waals surface area contributed by atoms with Crippen LogP contribution in [0.25, 0.3) is 0 Å². The van der Waals surface area contributed by atoms with Crippen molar-refractivity contribution in [3.8, 4) is 5.75 Å². The summed E-state index contributed by atoms with van der Waals surface area (Å²) in [5.74, 6) is 1.72. The van der Waals surface area contributed by atoms with Crippen LogP contribution < -0.4 is 10.1 Å². The van der Waals surface area contributed by atoms with Gasteiger partial charge in [-0.05, 0) is 69.3 Å². The Morgan fingerprint density at radius 1 is 1.28 bits per heavy atom. The van der Waals surface area contributed by atoms with E-state index in [0.29, 0.717) is 0 Å². The summed E-state index contributed by atoms with van der Waals surface area (Å²) in [5.41, 5.74) is 3.64. The third kappa shape index (κ3) is 2.81. The lowest BCUT2D eigenvalue weighted by Crippen LogP contribution is -2.28. The van der Waals surface area contributed by atoms with Crippen molar-refractivity contribution < 1.29 is 4.74 Å². The first-order chi connectivity index (χ1) is 8.63. The first-order valence-corrected chi connectivity index (χ1v) is 7.04. The zero-order chi connectivity index (χ0) is 13.1. The van der Waals surface area contributed by atoms with E-state index in [2.05, 4.69) is 18.3 Å². The molecule has 1 aliphatic heterocycles. The molecule has 2 nitrogen and oxygen atoms in total. The molecule has 1 fully saturated rings. The maximum atomic E-state index is 6.30. The average Bonchev–Trinajstić information content (AvgIpc) is 2.38. The molecule has 2 rings (SSSR count). The fraction of sp³-hybridized carbons (Fsp3) is 0.600. The van der Waals surface area contributed by atoms with E-state index < -0.39 is 0 Å². The molecule has 3 heteroatoms. The first kappa shape index (κ1) is 13.7. The second-order valence-corrected chi connectivity index (χ2v) is 5.61. The Labute approximate surface area is 115 Å². The van der Waals surface area contributed by atoms with Crippen molar-refractivity contribution >= 4 is 11.6 Å². The summed E-state index contributed by atoms with van der Waals surface area (Å²) in [6, 6.07) is 2.12. The molecule has 1 aliphatic rings. The van der Waals surface area contributed by atoms with Gasteiger partial charge in [0, 0.05) is 10.6 Å². The van der Waals surface area contributed by atoms with Gasteiger partial charge in [-0.2, -0.15) is 0 Å². The number of nitrogens with one attached hydrogen (secondary N) is 1. The highest BCUT2D eigenvalue weighted by Crippen LogP contribution is 2.34. The van der Waals surface area contributed by atoms with Gasteiger partial charge in [0.15, 0.2) is 0 Å². The lowest BCUT2D eigenvalue weighted by atomic mass is 9.88. The van der Waals surface area contributed by atoms with E-state index >= 15 is 0 Å². The Hall–Kier alpha value is -0.730. The molecule has 0 radical (unpaired) electrons. The van der Waals surface area contributed by atoms with E-state index in [1.54, 1.807) is 7.11 Å². The molecule has 0 amide bonds. The van der Waals surface area contributed by atoms with E-state index in [1.165, 1.54) is 24.0 Å². The number of rotatable bonds is 3. The molecule has 1 saturated heterocycles. The lowest BCUT2D eigenvalue weighted by molar-refractivity contribution is 0.370. The van der Waals surface area contributed by atoms with Crippen LogP contribution in [-0.4, -0.2) is 20.2 Å². The van der Waals surface area contributed by atoms with Gasteiger partial charge < -0.3 is 10.1 Å². The quantitative estimate of drug-likeness (QED) is 0.905. The number of benzene rings is 1. The van der Waals surface area contributed by atoms with Gasteiger partial charge in [-0.1, -0.05) is 11.6 Å². The standard InChI is InChI=1S/C15H22ClNO/c1-10-13(8-12-4-6-17-7-5-12)9-14(16)11(2)15(10)18-3/h9,12,17H,4-8H2,1-3H3. The van der Waals surface area contributed by atoms with Gasteiger partial charge in [0.25, 0.3) is 0 Å². The Balaban J connectivity index is 2.24. The highest BCUT2D eigenvalue weighted by Gasteiger charge is 2.18. The van der Waals surface area contributed by atoms with E-state index in [0.717, 1.165) is 41.8 Å². The van der Waals surface area contributed by atoms with E-state index in [4.69, 9.17) is 16.3 Å². The Bertz CT molecular complexity index is 425. The summed E-state index contributed by atoms with van der Waals surface area (Å²) in [7, 11) is 1.72. The summed E-state index contributed by atoms with van der Waals surface area (Å²) in [5, 5.41) is 4.23. The number of hydrogen-bond acceptors (Lipinski definition) is 2. The van der Waals surface area contributed by atoms with Gasteiger partial charge in [0.05, 0.1) is 7.11 Å². The Morgan fingerprint density at radius 3 is 2.56 bits per heavy atom.